The van der Waals surface area contributed by atoms with Gasteiger partial charge in [-0.2, -0.15) is 10.4 Å². The molecule has 1 aliphatic heterocycles. The van der Waals surface area contributed by atoms with Crippen molar-refractivity contribution in [1.82, 2.24) is 19.6 Å². The second-order valence-corrected chi connectivity index (χ2v) is 5.68. The zero-order chi connectivity index (χ0) is 17.2. The number of aromatic nitrogens is 4. The van der Waals surface area contributed by atoms with Gasteiger partial charge in [0, 0.05) is 31.0 Å². The molecule has 1 fully saturated rings. The van der Waals surface area contributed by atoms with E-state index in [9.17, 15) is 0 Å². The van der Waals surface area contributed by atoms with E-state index in [-0.39, 0.29) is 0 Å². The second-order valence-electron chi connectivity index (χ2n) is 5.68. The first-order valence-electron chi connectivity index (χ1n) is 8.00. The van der Waals surface area contributed by atoms with E-state index >= 15 is 0 Å². The summed E-state index contributed by atoms with van der Waals surface area (Å²) in [5, 5.41) is 13.6. The average molecular weight is 332 g/mol. The first kappa shape index (κ1) is 15.3. The fourth-order valence-corrected chi connectivity index (χ4v) is 3.05. The number of imidazole rings is 1. The minimum atomic E-state index is 0.492. The van der Waals surface area contributed by atoms with Gasteiger partial charge in [-0.25, -0.2) is 9.50 Å². The normalized spacial score (nSPS) is 14.4. The first-order valence-corrected chi connectivity index (χ1v) is 8.00. The molecule has 0 aromatic carbocycles. The minimum absolute atomic E-state index is 0.492. The first-order chi connectivity index (χ1) is 12.3. The molecule has 0 N–H and O–H groups in total. The summed E-state index contributed by atoms with van der Waals surface area (Å²) in [7, 11) is 0. The summed E-state index contributed by atoms with van der Waals surface area (Å²) in [5.74, 6) is 0. The summed E-state index contributed by atoms with van der Waals surface area (Å²) in [4.78, 5) is 11.1. The van der Waals surface area contributed by atoms with Gasteiger partial charge in [-0.05, 0) is 18.2 Å². The van der Waals surface area contributed by atoms with Crippen LogP contribution in [0.3, 0.4) is 0 Å². The van der Waals surface area contributed by atoms with Crippen molar-refractivity contribution in [1.29, 1.82) is 5.26 Å². The molecule has 0 bridgehead atoms. The van der Waals surface area contributed by atoms with Crippen LogP contribution in [-0.2, 0) is 4.74 Å². The number of hydrogen-bond acceptors (Lipinski definition) is 6. The van der Waals surface area contributed by atoms with E-state index in [2.05, 4.69) is 27.6 Å². The molecule has 0 saturated carbocycles. The average Bonchev–Trinajstić information content (AvgIpc) is 3.07. The molecule has 3 aromatic heterocycles. The number of pyridine rings is 1. The summed E-state index contributed by atoms with van der Waals surface area (Å²) < 4.78 is 7.23. The van der Waals surface area contributed by atoms with Crippen molar-refractivity contribution in [2.24, 2.45) is 0 Å². The Hall–Kier alpha value is -3.24. The number of nitriles is 1. The maximum atomic E-state index is 9.15. The Labute approximate surface area is 144 Å². The van der Waals surface area contributed by atoms with Gasteiger partial charge >= 0.3 is 0 Å². The van der Waals surface area contributed by atoms with Gasteiger partial charge in [0.15, 0.2) is 5.65 Å². The number of fused-ring (bicyclic) bond motifs is 1. The number of rotatable bonds is 3. The van der Waals surface area contributed by atoms with Crippen molar-refractivity contribution < 1.29 is 4.74 Å². The highest BCUT2D eigenvalue weighted by Crippen LogP contribution is 2.30. The maximum Gasteiger partial charge on any atom is 0.178 e. The van der Waals surface area contributed by atoms with E-state index in [1.54, 1.807) is 29.1 Å². The molecular weight excluding hydrogens is 316 g/mol. The highest BCUT2D eigenvalue weighted by molar-refractivity contribution is 5.79. The van der Waals surface area contributed by atoms with Crippen LogP contribution in [0.4, 0.5) is 5.69 Å². The monoisotopic (exact) mass is 332 g/mol. The van der Waals surface area contributed by atoms with Crippen LogP contribution >= 0.6 is 0 Å². The Kier molecular flexibility index (Phi) is 3.88. The smallest absolute Gasteiger partial charge is 0.178 e. The lowest BCUT2D eigenvalue weighted by atomic mass is 10.1. The van der Waals surface area contributed by atoms with Crippen LogP contribution in [0.5, 0.6) is 0 Å². The van der Waals surface area contributed by atoms with Crippen molar-refractivity contribution in [3.05, 3.63) is 48.6 Å². The largest absolute Gasteiger partial charge is 0.378 e. The zero-order valence-corrected chi connectivity index (χ0v) is 13.6. The van der Waals surface area contributed by atoms with E-state index in [0.717, 1.165) is 35.7 Å². The number of anilines is 1. The van der Waals surface area contributed by atoms with E-state index < -0.39 is 0 Å². The molecule has 0 radical (unpaired) electrons. The van der Waals surface area contributed by atoms with Gasteiger partial charge in [-0.15, -0.1) is 0 Å². The lowest BCUT2D eigenvalue weighted by Crippen LogP contribution is -2.36. The quantitative estimate of drug-likeness (QED) is 0.731. The third kappa shape index (κ3) is 2.62. The predicted molar refractivity (Wildman–Crippen MR) is 94.1 cm³/mol. The molecule has 25 heavy (non-hydrogen) atoms. The molecule has 0 unspecified atom stereocenters. The predicted octanol–water partition coefficient (Wildman–Crippen LogP) is 2.14. The molecular formula is C18H16N6O. The van der Waals surface area contributed by atoms with Gasteiger partial charge in [-0.1, -0.05) is 6.58 Å². The highest BCUT2D eigenvalue weighted by atomic mass is 16.5. The van der Waals surface area contributed by atoms with Crippen molar-refractivity contribution in [3.8, 4) is 17.3 Å². The van der Waals surface area contributed by atoms with Crippen LogP contribution in [0.15, 0.2) is 37.3 Å². The van der Waals surface area contributed by atoms with Gasteiger partial charge in [0.1, 0.15) is 11.8 Å². The Morgan fingerprint density at radius 3 is 2.88 bits per heavy atom. The molecule has 7 nitrogen and oxygen atoms in total. The molecule has 0 atom stereocenters. The van der Waals surface area contributed by atoms with E-state index in [4.69, 9.17) is 15.0 Å². The van der Waals surface area contributed by atoms with Crippen molar-refractivity contribution >= 4 is 17.4 Å². The summed E-state index contributed by atoms with van der Waals surface area (Å²) in [6.07, 6.45) is 6.71. The number of morpholine rings is 1. The van der Waals surface area contributed by atoms with Gasteiger partial charge in [0.05, 0.1) is 36.4 Å². The van der Waals surface area contributed by atoms with Crippen LogP contribution in [0.2, 0.25) is 0 Å². The van der Waals surface area contributed by atoms with Gasteiger partial charge in [0.25, 0.3) is 0 Å². The summed E-state index contributed by atoms with van der Waals surface area (Å²) >= 11 is 0. The fourth-order valence-electron chi connectivity index (χ4n) is 3.05. The molecule has 4 rings (SSSR count). The summed E-state index contributed by atoms with van der Waals surface area (Å²) in [5.41, 5.74) is 4.54. The van der Waals surface area contributed by atoms with Crippen LogP contribution in [0.25, 0.3) is 23.0 Å². The lowest BCUT2D eigenvalue weighted by molar-refractivity contribution is 0.123. The molecule has 7 heteroatoms. The van der Waals surface area contributed by atoms with E-state index in [1.165, 1.54) is 6.20 Å². The molecule has 1 saturated heterocycles. The fraction of sp³-hybridized carbons (Fsp3) is 0.222. The third-order valence-electron chi connectivity index (χ3n) is 4.21. The van der Waals surface area contributed by atoms with Crippen LogP contribution < -0.4 is 4.90 Å². The topological polar surface area (TPSA) is 79.3 Å². The number of nitrogens with zero attached hydrogens (tertiary/aromatic N) is 6. The molecule has 1 aliphatic rings. The lowest BCUT2D eigenvalue weighted by Gasteiger charge is -2.28. The Balaban J connectivity index is 1.92. The third-order valence-corrected chi connectivity index (χ3v) is 4.21. The second kappa shape index (κ2) is 6.34. The maximum absolute atomic E-state index is 9.15. The van der Waals surface area contributed by atoms with Gasteiger partial charge in [0.2, 0.25) is 0 Å². The molecule has 4 heterocycles. The summed E-state index contributed by atoms with van der Waals surface area (Å²) in [6, 6.07) is 5.87. The molecule has 124 valence electrons. The van der Waals surface area contributed by atoms with Gasteiger partial charge in [-0.3, -0.25) is 4.98 Å². The number of hydrogen-bond donors (Lipinski definition) is 0. The number of ether oxygens (including phenoxy) is 1. The Morgan fingerprint density at radius 2 is 2.12 bits per heavy atom. The SMILES string of the molecule is C=Cc1nc2c(N3CCOCC3)ccnn2c1-c1cncc(C#N)c1. The highest BCUT2D eigenvalue weighted by Gasteiger charge is 2.20. The van der Waals surface area contributed by atoms with Crippen LogP contribution in [0.1, 0.15) is 11.3 Å². The Morgan fingerprint density at radius 1 is 1.28 bits per heavy atom. The molecule has 0 aliphatic carbocycles. The van der Waals surface area contributed by atoms with Gasteiger partial charge < -0.3 is 9.64 Å². The van der Waals surface area contributed by atoms with Crippen molar-refractivity contribution in [3.63, 3.8) is 0 Å². The van der Waals surface area contributed by atoms with Crippen molar-refractivity contribution in [2.75, 3.05) is 31.2 Å². The summed E-state index contributed by atoms with van der Waals surface area (Å²) in [6.45, 7) is 6.90. The van der Waals surface area contributed by atoms with Crippen LogP contribution in [0, 0.1) is 11.3 Å². The van der Waals surface area contributed by atoms with E-state index in [0.29, 0.717) is 24.5 Å². The molecule has 0 spiro atoms. The van der Waals surface area contributed by atoms with Crippen LogP contribution in [-0.4, -0.2) is 45.9 Å². The van der Waals surface area contributed by atoms with E-state index in [1.807, 2.05) is 6.07 Å². The Bertz CT molecular complexity index is 981. The molecule has 3 aromatic rings. The minimum Gasteiger partial charge on any atom is -0.378 e. The standard InChI is InChI=1S/C18H16N6O/c1-2-15-17(14-9-13(10-19)11-20-12-14)24-18(22-15)16(3-4-21-24)23-5-7-25-8-6-23/h2-4,9,11-12H,1,5-8H2. The zero-order valence-electron chi connectivity index (χ0n) is 13.6. The molecule has 0 amide bonds. The van der Waals surface area contributed by atoms with Crippen molar-refractivity contribution in [2.45, 2.75) is 0 Å².